The van der Waals surface area contributed by atoms with Crippen LogP contribution >= 0.6 is 23.2 Å². The molecule has 1 aliphatic heterocycles. The van der Waals surface area contributed by atoms with Crippen LogP contribution < -0.4 is 5.32 Å². The van der Waals surface area contributed by atoms with Crippen LogP contribution in [0.3, 0.4) is 0 Å². The number of likely N-dealkylation sites (tertiary alicyclic amines) is 1. The van der Waals surface area contributed by atoms with Crippen molar-refractivity contribution in [3.05, 3.63) is 69.5 Å². The molecule has 0 atom stereocenters. The van der Waals surface area contributed by atoms with E-state index in [4.69, 9.17) is 23.2 Å². The van der Waals surface area contributed by atoms with Crippen molar-refractivity contribution in [2.24, 2.45) is 0 Å². The van der Waals surface area contributed by atoms with E-state index >= 15 is 0 Å². The van der Waals surface area contributed by atoms with Gasteiger partial charge >= 0.3 is 0 Å². The molecule has 3 nitrogen and oxygen atoms in total. The van der Waals surface area contributed by atoms with E-state index in [0.29, 0.717) is 27.7 Å². The van der Waals surface area contributed by atoms with E-state index in [1.165, 1.54) is 6.07 Å². The Hall–Kier alpha value is -1.62. The third-order valence-corrected chi connectivity index (χ3v) is 5.08. The summed E-state index contributed by atoms with van der Waals surface area (Å²) in [4.78, 5) is 14.4. The average molecular weight is 381 g/mol. The number of amides is 1. The average Bonchev–Trinajstić information content (AvgIpc) is 2.60. The molecule has 0 spiro atoms. The van der Waals surface area contributed by atoms with E-state index in [1.807, 2.05) is 0 Å². The Morgan fingerprint density at radius 2 is 1.80 bits per heavy atom. The lowest BCUT2D eigenvalue weighted by molar-refractivity contribution is 0.0908. The van der Waals surface area contributed by atoms with Crippen molar-refractivity contribution in [2.75, 3.05) is 13.1 Å². The summed E-state index contributed by atoms with van der Waals surface area (Å²) in [7, 11) is 0. The van der Waals surface area contributed by atoms with E-state index in [9.17, 15) is 9.18 Å². The number of nitrogens with zero attached hydrogens (tertiary/aromatic N) is 1. The number of halogens is 3. The van der Waals surface area contributed by atoms with E-state index < -0.39 is 0 Å². The van der Waals surface area contributed by atoms with Crippen molar-refractivity contribution >= 4 is 29.1 Å². The van der Waals surface area contributed by atoms with E-state index in [-0.39, 0.29) is 17.8 Å². The second-order valence-corrected chi connectivity index (χ2v) is 7.07. The van der Waals surface area contributed by atoms with Gasteiger partial charge in [-0.25, -0.2) is 4.39 Å². The molecule has 0 aromatic heterocycles. The smallest absolute Gasteiger partial charge is 0.251 e. The second-order valence-electron chi connectivity index (χ2n) is 6.23. The minimum atomic E-state index is -0.273. The normalized spacial score (nSPS) is 16.0. The maximum absolute atomic E-state index is 13.9. The number of carbonyl (C=O) groups excluding carboxylic acids is 1. The van der Waals surface area contributed by atoms with E-state index in [2.05, 4.69) is 10.2 Å². The molecule has 6 heteroatoms. The number of rotatable bonds is 4. The van der Waals surface area contributed by atoms with Gasteiger partial charge in [0.1, 0.15) is 5.82 Å². The van der Waals surface area contributed by atoms with Gasteiger partial charge in [0.15, 0.2) is 0 Å². The molecule has 0 saturated carbocycles. The summed E-state index contributed by atoms with van der Waals surface area (Å²) in [5.74, 6) is -0.363. The van der Waals surface area contributed by atoms with Gasteiger partial charge in [-0.2, -0.15) is 0 Å². The predicted molar refractivity (Wildman–Crippen MR) is 98.6 cm³/mol. The highest BCUT2D eigenvalue weighted by Gasteiger charge is 2.22. The lowest BCUT2D eigenvalue weighted by Crippen LogP contribution is -2.44. The van der Waals surface area contributed by atoms with Crippen LogP contribution in [-0.4, -0.2) is 29.9 Å². The Morgan fingerprint density at radius 3 is 2.44 bits per heavy atom. The molecule has 0 unspecified atom stereocenters. The van der Waals surface area contributed by atoms with Gasteiger partial charge in [-0.15, -0.1) is 0 Å². The van der Waals surface area contributed by atoms with Crippen LogP contribution in [0.5, 0.6) is 0 Å². The SMILES string of the molecule is O=C(NC1CCN(Cc2c(F)cccc2Cl)CC1)c1ccc(Cl)cc1. The first-order valence-corrected chi connectivity index (χ1v) is 9.00. The van der Waals surface area contributed by atoms with Crippen LogP contribution in [0.25, 0.3) is 0 Å². The van der Waals surface area contributed by atoms with Crippen LogP contribution in [0.1, 0.15) is 28.8 Å². The summed E-state index contributed by atoms with van der Waals surface area (Å²) in [6.07, 6.45) is 1.65. The van der Waals surface area contributed by atoms with Gasteiger partial charge in [0.05, 0.1) is 0 Å². The van der Waals surface area contributed by atoms with Gasteiger partial charge < -0.3 is 5.32 Å². The molecule has 1 fully saturated rings. The lowest BCUT2D eigenvalue weighted by Gasteiger charge is -2.32. The molecule has 1 N–H and O–H groups in total. The number of piperidine rings is 1. The number of hydrogen-bond acceptors (Lipinski definition) is 2. The van der Waals surface area contributed by atoms with Crippen LogP contribution in [0.2, 0.25) is 10.0 Å². The first-order valence-electron chi connectivity index (χ1n) is 8.24. The van der Waals surface area contributed by atoms with Crippen LogP contribution in [0, 0.1) is 5.82 Å². The summed E-state index contributed by atoms with van der Waals surface area (Å²) >= 11 is 11.9. The zero-order chi connectivity index (χ0) is 17.8. The molecule has 0 bridgehead atoms. The Bertz CT molecular complexity index is 723. The molecule has 0 aliphatic carbocycles. The fourth-order valence-electron chi connectivity index (χ4n) is 3.01. The molecule has 1 aliphatic rings. The van der Waals surface area contributed by atoms with E-state index in [0.717, 1.165) is 25.9 Å². The summed E-state index contributed by atoms with van der Waals surface area (Å²) in [5, 5.41) is 4.12. The summed E-state index contributed by atoms with van der Waals surface area (Å²) < 4.78 is 13.9. The third-order valence-electron chi connectivity index (χ3n) is 4.47. The van der Waals surface area contributed by atoms with Gasteiger partial charge in [0.25, 0.3) is 5.91 Å². The highest BCUT2D eigenvalue weighted by Crippen LogP contribution is 2.22. The minimum absolute atomic E-state index is 0.0905. The summed E-state index contributed by atoms with van der Waals surface area (Å²) in [6, 6.07) is 11.7. The zero-order valence-corrected chi connectivity index (χ0v) is 15.2. The topological polar surface area (TPSA) is 32.3 Å². The molecule has 132 valence electrons. The largest absolute Gasteiger partial charge is 0.349 e. The highest BCUT2D eigenvalue weighted by molar-refractivity contribution is 6.31. The number of hydrogen-bond donors (Lipinski definition) is 1. The number of nitrogens with one attached hydrogen (secondary N) is 1. The first-order chi connectivity index (χ1) is 12.0. The van der Waals surface area contributed by atoms with Crippen LogP contribution in [0.4, 0.5) is 4.39 Å². The number of benzene rings is 2. The van der Waals surface area contributed by atoms with E-state index in [1.54, 1.807) is 36.4 Å². The van der Waals surface area contributed by atoms with Gasteiger partial charge in [0, 0.05) is 46.8 Å². The molecule has 1 heterocycles. The Morgan fingerprint density at radius 1 is 1.12 bits per heavy atom. The third kappa shape index (κ3) is 4.72. The summed E-state index contributed by atoms with van der Waals surface area (Å²) in [6.45, 7) is 2.07. The lowest BCUT2D eigenvalue weighted by atomic mass is 10.0. The maximum Gasteiger partial charge on any atom is 0.251 e. The van der Waals surface area contributed by atoms with Crippen molar-refractivity contribution < 1.29 is 9.18 Å². The van der Waals surface area contributed by atoms with Crippen molar-refractivity contribution in [1.82, 2.24) is 10.2 Å². The summed E-state index contributed by atoms with van der Waals surface area (Å²) in [5.41, 5.74) is 1.14. The van der Waals surface area contributed by atoms with Crippen molar-refractivity contribution in [2.45, 2.75) is 25.4 Å². The molecule has 2 aromatic carbocycles. The Labute approximate surface area is 156 Å². The molecule has 2 aromatic rings. The second kappa shape index (κ2) is 8.17. The van der Waals surface area contributed by atoms with Crippen LogP contribution in [-0.2, 0) is 6.54 Å². The van der Waals surface area contributed by atoms with Gasteiger partial charge in [-0.1, -0.05) is 29.3 Å². The molecule has 3 rings (SSSR count). The zero-order valence-electron chi connectivity index (χ0n) is 13.6. The number of carbonyl (C=O) groups is 1. The monoisotopic (exact) mass is 380 g/mol. The molecule has 1 saturated heterocycles. The quantitative estimate of drug-likeness (QED) is 0.844. The first kappa shape index (κ1) is 18.2. The molecular formula is C19H19Cl2FN2O. The fourth-order valence-corrected chi connectivity index (χ4v) is 3.36. The molecule has 1 amide bonds. The molecular weight excluding hydrogens is 362 g/mol. The van der Waals surface area contributed by atoms with Crippen molar-refractivity contribution in [3.8, 4) is 0 Å². The molecule has 25 heavy (non-hydrogen) atoms. The van der Waals surface area contributed by atoms with Gasteiger partial charge in [0.2, 0.25) is 0 Å². The predicted octanol–water partition coefficient (Wildman–Crippen LogP) is 4.53. The Balaban J connectivity index is 1.52. The molecule has 0 radical (unpaired) electrons. The minimum Gasteiger partial charge on any atom is -0.349 e. The van der Waals surface area contributed by atoms with Crippen molar-refractivity contribution in [1.29, 1.82) is 0 Å². The maximum atomic E-state index is 13.9. The van der Waals surface area contributed by atoms with Crippen molar-refractivity contribution in [3.63, 3.8) is 0 Å². The van der Waals surface area contributed by atoms with Gasteiger partial charge in [-0.3, -0.25) is 9.69 Å². The Kier molecular flexibility index (Phi) is 5.94. The van der Waals surface area contributed by atoms with Crippen LogP contribution in [0.15, 0.2) is 42.5 Å². The van der Waals surface area contributed by atoms with Gasteiger partial charge in [-0.05, 0) is 49.2 Å². The highest BCUT2D eigenvalue weighted by atomic mass is 35.5. The standard InChI is InChI=1S/C19H19Cl2FN2O/c20-14-6-4-13(5-7-14)19(25)23-15-8-10-24(11-9-15)12-16-17(21)2-1-3-18(16)22/h1-7,15H,8-12H2,(H,23,25). The fraction of sp³-hybridized carbons (Fsp3) is 0.316.